The predicted octanol–water partition coefficient (Wildman–Crippen LogP) is 3.52. The molecule has 1 N–H and O–H groups in total. The summed E-state index contributed by atoms with van der Waals surface area (Å²) in [5.41, 5.74) is 3.35. The van der Waals surface area contributed by atoms with Crippen LogP contribution < -0.4 is 0 Å². The van der Waals surface area contributed by atoms with E-state index in [1.165, 1.54) is 0 Å². The SMILES string of the molecule is Cc1[nH]cnc1CN(C(=O)c1ccccn1)[C@@H](C)c1ccccc1. The highest BCUT2D eigenvalue weighted by Crippen LogP contribution is 2.24. The summed E-state index contributed by atoms with van der Waals surface area (Å²) >= 11 is 0. The maximum atomic E-state index is 13.0. The van der Waals surface area contributed by atoms with E-state index in [0.717, 1.165) is 17.0 Å². The van der Waals surface area contributed by atoms with Gasteiger partial charge in [0.2, 0.25) is 0 Å². The van der Waals surface area contributed by atoms with E-state index in [2.05, 4.69) is 15.0 Å². The van der Waals surface area contributed by atoms with Crippen LogP contribution in [0.4, 0.5) is 0 Å². The Balaban J connectivity index is 1.94. The number of aromatic amines is 1. The molecule has 0 radical (unpaired) electrons. The van der Waals surface area contributed by atoms with E-state index < -0.39 is 0 Å². The Bertz CT molecular complexity index is 799. The molecule has 3 rings (SSSR count). The van der Waals surface area contributed by atoms with Crippen LogP contribution in [-0.2, 0) is 6.54 Å². The fourth-order valence-corrected chi connectivity index (χ4v) is 2.64. The van der Waals surface area contributed by atoms with Gasteiger partial charge in [0.25, 0.3) is 5.91 Å². The largest absolute Gasteiger partial charge is 0.348 e. The van der Waals surface area contributed by atoms with Crippen molar-refractivity contribution in [2.45, 2.75) is 26.4 Å². The van der Waals surface area contributed by atoms with Crippen LogP contribution in [0, 0.1) is 6.92 Å². The van der Waals surface area contributed by atoms with Crippen molar-refractivity contribution in [3.63, 3.8) is 0 Å². The summed E-state index contributed by atoms with van der Waals surface area (Å²) in [5.74, 6) is -0.102. The van der Waals surface area contributed by atoms with Crippen molar-refractivity contribution < 1.29 is 4.79 Å². The number of nitrogens with zero attached hydrogens (tertiary/aromatic N) is 3. The van der Waals surface area contributed by atoms with E-state index in [4.69, 9.17) is 0 Å². The van der Waals surface area contributed by atoms with Gasteiger partial charge >= 0.3 is 0 Å². The number of imidazole rings is 1. The smallest absolute Gasteiger partial charge is 0.273 e. The normalized spacial score (nSPS) is 11.9. The van der Waals surface area contributed by atoms with Crippen LogP contribution in [0.3, 0.4) is 0 Å². The Kier molecular flexibility index (Phi) is 4.70. The fraction of sp³-hybridized carbons (Fsp3) is 0.211. The summed E-state index contributed by atoms with van der Waals surface area (Å²) in [6.45, 7) is 4.41. The van der Waals surface area contributed by atoms with E-state index in [0.29, 0.717) is 12.2 Å². The Labute approximate surface area is 141 Å². The quantitative estimate of drug-likeness (QED) is 0.782. The van der Waals surface area contributed by atoms with Gasteiger partial charge in [0.05, 0.1) is 24.6 Å². The Morgan fingerprint density at radius 1 is 1.12 bits per heavy atom. The average Bonchev–Trinajstić information content (AvgIpc) is 3.05. The molecule has 0 spiro atoms. The molecule has 0 fully saturated rings. The molecule has 1 atom stereocenters. The summed E-state index contributed by atoms with van der Waals surface area (Å²) in [6, 6.07) is 15.3. The molecule has 2 aromatic heterocycles. The van der Waals surface area contributed by atoms with Gasteiger partial charge in [-0.25, -0.2) is 4.98 Å². The van der Waals surface area contributed by atoms with Crippen molar-refractivity contribution in [2.24, 2.45) is 0 Å². The van der Waals surface area contributed by atoms with Crippen LogP contribution in [-0.4, -0.2) is 25.8 Å². The highest BCUT2D eigenvalue weighted by Gasteiger charge is 2.25. The highest BCUT2D eigenvalue weighted by atomic mass is 16.2. The lowest BCUT2D eigenvalue weighted by molar-refractivity contribution is 0.0665. The zero-order chi connectivity index (χ0) is 16.9. The molecule has 2 heterocycles. The van der Waals surface area contributed by atoms with Crippen molar-refractivity contribution in [3.8, 4) is 0 Å². The third-order valence-corrected chi connectivity index (χ3v) is 4.15. The molecule has 0 unspecified atom stereocenters. The van der Waals surface area contributed by atoms with Crippen LogP contribution in [0.25, 0.3) is 0 Å². The second kappa shape index (κ2) is 7.08. The van der Waals surface area contributed by atoms with E-state index in [9.17, 15) is 4.79 Å². The number of hydrogen-bond acceptors (Lipinski definition) is 3. The van der Waals surface area contributed by atoms with Gasteiger partial charge < -0.3 is 9.88 Å². The second-order valence-corrected chi connectivity index (χ2v) is 5.71. The van der Waals surface area contributed by atoms with Crippen LogP contribution in [0.2, 0.25) is 0 Å². The molecule has 5 nitrogen and oxygen atoms in total. The number of pyridine rings is 1. The van der Waals surface area contributed by atoms with Gasteiger partial charge in [-0.3, -0.25) is 9.78 Å². The number of nitrogens with one attached hydrogen (secondary N) is 1. The number of rotatable bonds is 5. The first kappa shape index (κ1) is 15.9. The lowest BCUT2D eigenvalue weighted by Gasteiger charge is -2.29. The van der Waals surface area contributed by atoms with Crippen molar-refractivity contribution in [2.75, 3.05) is 0 Å². The number of amides is 1. The number of hydrogen-bond donors (Lipinski definition) is 1. The molecule has 122 valence electrons. The molecule has 0 aliphatic carbocycles. The highest BCUT2D eigenvalue weighted by molar-refractivity contribution is 5.92. The Morgan fingerprint density at radius 2 is 1.88 bits per heavy atom. The maximum Gasteiger partial charge on any atom is 0.273 e. The van der Waals surface area contributed by atoms with E-state index in [1.807, 2.05) is 50.2 Å². The van der Waals surface area contributed by atoms with Crippen LogP contribution >= 0.6 is 0 Å². The molecule has 1 amide bonds. The summed E-state index contributed by atoms with van der Waals surface area (Å²) in [5, 5.41) is 0. The molecule has 0 aliphatic rings. The summed E-state index contributed by atoms with van der Waals surface area (Å²) in [4.78, 5) is 26.4. The third kappa shape index (κ3) is 3.35. The van der Waals surface area contributed by atoms with E-state index >= 15 is 0 Å². The van der Waals surface area contributed by atoms with Crippen LogP contribution in [0.15, 0.2) is 61.1 Å². The monoisotopic (exact) mass is 320 g/mol. The molecule has 0 saturated heterocycles. The Hall–Kier alpha value is -2.95. The lowest BCUT2D eigenvalue weighted by atomic mass is 10.1. The third-order valence-electron chi connectivity index (χ3n) is 4.15. The number of benzene rings is 1. The summed E-state index contributed by atoms with van der Waals surface area (Å²) in [7, 11) is 0. The van der Waals surface area contributed by atoms with Crippen molar-refractivity contribution in [1.82, 2.24) is 19.9 Å². The number of aromatic nitrogens is 3. The van der Waals surface area contributed by atoms with Crippen molar-refractivity contribution in [1.29, 1.82) is 0 Å². The van der Waals surface area contributed by atoms with Gasteiger partial charge in [0.1, 0.15) is 5.69 Å². The number of aryl methyl sites for hydroxylation is 1. The minimum Gasteiger partial charge on any atom is -0.348 e. The number of carbonyl (C=O) groups is 1. The molecular weight excluding hydrogens is 300 g/mol. The van der Waals surface area contributed by atoms with E-state index in [1.54, 1.807) is 29.6 Å². The van der Waals surface area contributed by atoms with Crippen LogP contribution in [0.1, 0.15) is 40.4 Å². The average molecular weight is 320 g/mol. The van der Waals surface area contributed by atoms with Gasteiger partial charge in [-0.1, -0.05) is 36.4 Å². The molecule has 24 heavy (non-hydrogen) atoms. The minimum atomic E-state index is -0.102. The zero-order valence-electron chi connectivity index (χ0n) is 13.8. The van der Waals surface area contributed by atoms with Gasteiger partial charge in [-0.2, -0.15) is 0 Å². The predicted molar refractivity (Wildman–Crippen MR) is 92.3 cm³/mol. The molecule has 5 heteroatoms. The van der Waals surface area contributed by atoms with Crippen molar-refractivity contribution in [3.05, 3.63) is 83.7 Å². The van der Waals surface area contributed by atoms with Gasteiger partial charge in [0.15, 0.2) is 0 Å². The zero-order valence-corrected chi connectivity index (χ0v) is 13.8. The molecule has 0 aliphatic heterocycles. The van der Waals surface area contributed by atoms with Crippen molar-refractivity contribution >= 4 is 5.91 Å². The summed E-state index contributed by atoms with van der Waals surface area (Å²) in [6.07, 6.45) is 3.29. The molecule has 0 bridgehead atoms. The van der Waals surface area contributed by atoms with Gasteiger partial charge in [-0.15, -0.1) is 0 Å². The lowest BCUT2D eigenvalue weighted by Crippen LogP contribution is -2.34. The van der Waals surface area contributed by atoms with Gasteiger partial charge in [-0.05, 0) is 31.5 Å². The first-order valence-corrected chi connectivity index (χ1v) is 7.92. The molecular formula is C19H20N4O. The summed E-state index contributed by atoms with van der Waals surface area (Å²) < 4.78 is 0. The minimum absolute atomic E-state index is 0.0863. The maximum absolute atomic E-state index is 13.0. The second-order valence-electron chi connectivity index (χ2n) is 5.71. The molecule has 0 saturated carbocycles. The van der Waals surface area contributed by atoms with Gasteiger partial charge in [0, 0.05) is 11.9 Å². The standard InChI is InChI=1S/C19H20N4O/c1-14-18(22-13-21-14)12-23(15(2)16-8-4-3-5-9-16)19(24)17-10-6-7-11-20-17/h3-11,13,15H,12H2,1-2H3,(H,21,22)/t15-/m0/s1. The van der Waals surface area contributed by atoms with E-state index in [-0.39, 0.29) is 11.9 Å². The first-order chi connectivity index (χ1) is 11.7. The fourth-order valence-electron chi connectivity index (χ4n) is 2.64. The number of H-pyrrole nitrogens is 1. The number of carbonyl (C=O) groups excluding carboxylic acids is 1. The first-order valence-electron chi connectivity index (χ1n) is 7.92. The Morgan fingerprint density at radius 3 is 2.50 bits per heavy atom. The topological polar surface area (TPSA) is 61.9 Å². The molecule has 1 aromatic carbocycles. The van der Waals surface area contributed by atoms with Crippen LogP contribution in [0.5, 0.6) is 0 Å². The molecule has 3 aromatic rings.